The Kier molecular flexibility index (Phi) is 4.50. The van der Waals surface area contributed by atoms with Crippen LogP contribution in [0.1, 0.15) is 18.9 Å². The van der Waals surface area contributed by atoms with Gasteiger partial charge in [-0.25, -0.2) is 0 Å². The minimum atomic E-state index is 0.166. The highest BCUT2D eigenvalue weighted by molar-refractivity contribution is 9.10. The number of hydrogen-bond donors (Lipinski definition) is 0. The summed E-state index contributed by atoms with van der Waals surface area (Å²) in [7, 11) is 0. The van der Waals surface area contributed by atoms with E-state index in [2.05, 4.69) is 44.8 Å². The number of rotatable bonds is 4. The van der Waals surface area contributed by atoms with Crippen LogP contribution in [0.25, 0.3) is 0 Å². The van der Waals surface area contributed by atoms with Gasteiger partial charge in [-0.05, 0) is 37.6 Å². The van der Waals surface area contributed by atoms with Crippen LogP contribution in [0.2, 0.25) is 0 Å². The first-order chi connectivity index (χ1) is 8.11. The zero-order valence-corrected chi connectivity index (χ0v) is 13.1. The van der Waals surface area contributed by atoms with Crippen molar-refractivity contribution in [3.8, 4) is 5.75 Å². The molecule has 0 saturated heterocycles. The predicted octanol–water partition coefficient (Wildman–Crippen LogP) is 4.08. The SMILES string of the molecule is CCOC1C(Br)CC1Oc1ccc(Br)cc1C. The van der Waals surface area contributed by atoms with Gasteiger partial charge in [-0.15, -0.1) is 0 Å². The third-order valence-electron chi connectivity index (χ3n) is 2.95. The lowest BCUT2D eigenvalue weighted by atomic mass is 9.91. The van der Waals surface area contributed by atoms with E-state index in [-0.39, 0.29) is 12.2 Å². The number of benzene rings is 1. The van der Waals surface area contributed by atoms with E-state index >= 15 is 0 Å². The summed E-state index contributed by atoms with van der Waals surface area (Å²) in [5.74, 6) is 0.947. The molecular formula is C13H16Br2O2. The molecule has 0 aliphatic heterocycles. The van der Waals surface area contributed by atoms with Crippen LogP contribution in [-0.2, 0) is 4.74 Å². The number of hydrogen-bond acceptors (Lipinski definition) is 2. The Morgan fingerprint density at radius 3 is 2.76 bits per heavy atom. The first-order valence-electron chi connectivity index (χ1n) is 5.80. The van der Waals surface area contributed by atoms with Crippen LogP contribution in [0, 0.1) is 6.92 Å². The fraction of sp³-hybridized carbons (Fsp3) is 0.538. The maximum Gasteiger partial charge on any atom is 0.127 e. The maximum atomic E-state index is 6.00. The molecule has 94 valence electrons. The fourth-order valence-electron chi connectivity index (χ4n) is 1.95. The monoisotopic (exact) mass is 362 g/mol. The molecule has 1 aliphatic carbocycles. The van der Waals surface area contributed by atoms with Gasteiger partial charge in [0.05, 0.1) is 0 Å². The number of aryl methyl sites for hydroxylation is 1. The molecule has 1 aromatic carbocycles. The molecule has 2 rings (SSSR count). The molecule has 1 fully saturated rings. The van der Waals surface area contributed by atoms with Crippen LogP contribution in [0.4, 0.5) is 0 Å². The van der Waals surface area contributed by atoms with Crippen LogP contribution >= 0.6 is 31.9 Å². The van der Waals surface area contributed by atoms with Gasteiger partial charge in [-0.3, -0.25) is 0 Å². The Balaban J connectivity index is 2.01. The van der Waals surface area contributed by atoms with Crippen LogP contribution < -0.4 is 4.74 Å². The van der Waals surface area contributed by atoms with Gasteiger partial charge < -0.3 is 9.47 Å². The second kappa shape index (κ2) is 5.72. The molecule has 0 spiro atoms. The van der Waals surface area contributed by atoms with E-state index in [0.717, 1.165) is 28.8 Å². The molecule has 0 bridgehead atoms. The number of halogens is 2. The summed E-state index contributed by atoms with van der Waals surface area (Å²) in [5.41, 5.74) is 1.15. The van der Waals surface area contributed by atoms with E-state index in [1.807, 2.05) is 19.1 Å². The molecule has 3 unspecified atom stereocenters. The molecule has 1 aromatic rings. The zero-order chi connectivity index (χ0) is 12.4. The van der Waals surface area contributed by atoms with Gasteiger partial charge >= 0.3 is 0 Å². The molecule has 0 amide bonds. The van der Waals surface area contributed by atoms with Gasteiger partial charge in [0.25, 0.3) is 0 Å². The largest absolute Gasteiger partial charge is 0.487 e. The van der Waals surface area contributed by atoms with Gasteiger partial charge in [-0.2, -0.15) is 0 Å². The van der Waals surface area contributed by atoms with E-state index < -0.39 is 0 Å². The van der Waals surface area contributed by atoms with Crippen molar-refractivity contribution in [1.29, 1.82) is 0 Å². The van der Waals surface area contributed by atoms with Crippen molar-refractivity contribution in [2.45, 2.75) is 37.3 Å². The smallest absolute Gasteiger partial charge is 0.127 e. The molecule has 17 heavy (non-hydrogen) atoms. The summed E-state index contributed by atoms with van der Waals surface area (Å²) < 4.78 is 12.7. The summed E-state index contributed by atoms with van der Waals surface area (Å²) in [5, 5.41) is 0. The zero-order valence-electron chi connectivity index (χ0n) is 9.95. The first kappa shape index (κ1) is 13.4. The molecule has 0 radical (unpaired) electrons. The molecule has 4 heteroatoms. The second-order valence-electron chi connectivity index (χ2n) is 4.24. The predicted molar refractivity (Wildman–Crippen MR) is 76.0 cm³/mol. The van der Waals surface area contributed by atoms with Crippen molar-refractivity contribution in [1.82, 2.24) is 0 Å². The normalized spacial score (nSPS) is 27.6. The Labute approximate surface area is 119 Å². The van der Waals surface area contributed by atoms with Crippen molar-refractivity contribution >= 4 is 31.9 Å². The lowest BCUT2D eigenvalue weighted by Crippen LogP contribution is -2.52. The average Bonchev–Trinajstić information content (AvgIpc) is 2.28. The maximum absolute atomic E-state index is 6.00. The molecular weight excluding hydrogens is 348 g/mol. The van der Waals surface area contributed by atoms with Gasteiger partial charge in [0.2, 0.25) is 0 Å². The quantitative estimate of drug-likeness (QED) is 0.750. The minimum Gasteiger partial charge on any atom is -0.487 e. The third-order valence-corrected chi connectivity index (χ3v) is 4.34. The fourth-order valence-corrected chi connectivity index (χ4v) is 3.29. The summed E-state index contributed by atoms with van der Waals surface area (Å²) >= 11 is 7.05. The first-order valence-corrected chi connectivity index (χ1v) is 7.51. The molecule has 0 heterocycles. The molecule has 0 aromatic heterocycles. The average molecular weight is 364 g/mol. The second-order valence-corrected chi connectivity index (χ2v) is 6.33. The van der Waals surface area contributed by atoms with Crippen molar-refractivity contribution in [2.24, 2.45) is 0 Å². The van der Waals surface area contributed by atoms with E-state index in [0.29, 0.717) is 4.83 Å². The minimum absolute atomic E-state index is 0.166. The Morgan fingerprint density at radius 2 is 2.18 bits per heavy atom. The standard InChI is InChI=1S/C13H16Br2O2/c1-3-16-13-10(15)7-12(13)17-11-5-4-9(14)6-8(11)2/h4-6,10,12-13H,3,7H2,1-2H3. The summed E-state index contributed by atoms with van der Waals surface area (Å²) in [4.78, 5) is 0.420. The number of alkyl halides is 1. The highest BCUT2D eigenvalue weighted by Gasteiger charge is 2.42. The van der Waals surface area contributed by atoms with Crippen LogP contribution in [0.3, 0.4) is 0 Å². The van der Waals surface area contributed by atoms with E-state index in [4.69, 9.17) is 9.47 Å². The van der Waals surface area contributed by atoms with Crippen LogP contribution in [0.15, 0.2) is 22.7 Å². The highest BCUT2D eigenvalue weighted by Crippen LogP contribution is 2.35. The Hall–Kier alpha value is -0.0600. The van der Waals surface area contributed by atoms with Crippen LogP contribution in [-0.4, -0.2) is 23.6 Å². The topological polar surface area (TPSA) is 18.5 Å². The van der Waals surface area contributed by atoms with E-state index in [1.165, 1.54) is 0 Å². The summed E-state index contributed by atoms with van der Waals surface area (Å²) in [6.07, 6.45) is 1.34. The van der Waals surface area contributed by atoms with Gasteiger partial charge in [0.1, 0.15) is 18.0 Å². The van der Waals surface area contributed by atoms with E-state index in [9.17, 15) is 0 Å². The molecule has 1 aliphatic rings. The lowest BCUT2D eigenvalue weighted by molar-refractivity contribution is -0.0725. The van der Waals surface area contributed by atoms with Crippen LogP contribution in [0.5, 0.6) is 5.75 Å². The highest BCUT2D eigenvalue weighted by atomic mass is 79.9. The molecule has 1 saturated carbocycles. The lowest BCUT2D eigenvalue weighted by Gasteiger charge is -2.41. The van der Waals surface area contributed by atoms with Crippen molar-refractivity contribution in [3.05, 3.63) is 28.2 Å². The molecule has 2 nitrogen and oxygen atoms in total. The summed E-state index contributed by atoms with van der Waals surface area (Å²) in [6, 6.07) is 6.07. The molecule has 0 N–H and O–H groups in total. The summed E-state index contributed by atoms with van der Waals surface area (Å²) in [6.45, 7) is 4.80. The Morgan fingerprint density at radius 1 is 1.41 bits per heavy atom. The van der Waals surface area contributed by atoms with Crippen molar-refractivity contribution in [2.75, 3.05) is 6.61 Å². The van der Waals surface area contributed by atoms with Crippen molar-refractivity contribution < 1.29 is 9.47 Å². The number of ether oxygens (including phenoxy) is 2. The third kappa shape index (κ3) is 3.04. The van der Waals surface area contributed by atoms with Gasteiger partial charge in [0.15, 0.2) is 0 Å². The Bertz CT molecular complexity index is 395. The van der Waals surface area contributed by atoms with E-state index in [1.54, 1.807) is 0 Å². The van der Waals surface area contributed by atoms with Crippen molar-refractivity contribution in [3.63, 3.8) is 0 Å². The van der Waals surface area contributed by atoms with Gasteiger partial charge in [-0.1, -0.05) is 31.9 Å². The van der Waals surface area contributed by atoms with Gasteiger partial charge in [0, 0.05) is 22.3 Å². The molecule has 3 atom stereocenters.